The van der Waals surface area contributed by atoms with Gasteiger partial charge in [-0.05, 0) is 24.0 Å². The second kappa shape index (κ2) is 10.5. The first-order valence-electron chi connectivity index (χ1n) is 11.1. The zero-order valence-corrected chi connectivity index (χ0v) is 20.6. The van der Waals surface area contributed by atoms with Crippen LogP contribution in [0.5, 0.6) is 11.5 Å². The molecule has 1 amide bonds. The summed E-state index contributed by atoms with van der Waals surface area (Å²) in [5.41, 5.74) is 2.63. The number of amides is 1. The summed E-state index contributed by atoms with van der Waals surface area (Å²) < 4.78 is 21.6. The van der Waals surface area contributed by atoms with Gasteiger partial charge in [-0.25, -0.2) is 9.79 Å². The Bertz CT molecular complexity index is 1060. The van der Waals surface area contributed by atoms with E-state index in [1.807, 2.05) is 34.3 Å². The highest BCUT2D eigenvalue weighted by Crippen LogP contribution is 2.48. The van der Waals surface area contributed by atoms with E-state index < -0.39 is 12.0 Å². The van der Waals surface area contributed by atoms with Crippen molar-refractivity contribution < 1.29 is 28.5 Å². The van der Waals surface area contributed by atoms with Gasteiger partial charge in [0.2, 0.25) is 5.91 Å². The summed E-state index contributed by atoms with van der Waals surface area (Å²) in [6.45, 7) is 4.18. The molecule has 1 fully saturated rings. The Labute approximate surface area is 203 Å². The largest absolute Gasteiger partial charge is 0.497 e. The molecule has 3 heterocycles. The molecular weight excluding hydrogens is 458 g/mol. The molecule has 1 saturated heterocycles. The summed E-state index contributed by atoms with van der Waals surface area (Å²) in [7, 11) is 4.53. The van der Waals surface area contributed by atoms with Crippen LogP contribution in [0.1, 0.15) is 31.4 Å². The summed E-state index contributed by atoms with van der Waals surface area (Å²) >= 11 is 1.45. The Hall–Kier alpha value is -2.98. The zero-order chi connectivity index (χ0) is 24.2. The number of morpholine rings is 1. The monoisotopic (exact) mass is 487 g/mol. The van der Waals surface area contributed by atoms with Gasteiger partial charge < -0.3 is 28.7 Å². The number of carbonyl (C=O) groups excluding carboxylic acids is 2. The number of hydrogen-bond donors (Lipinski definition) is 0. The van der Waals surface area contributed by atoms with Crippen LogP contribution in [0.3, 0.4) is 0 Å². The van der Waals surface area contributed by atoms with Crippen molar-refractivity contribution in [2.45, 2.75) is 25.8 Å². The zero-order valence-electron chi connectivity index (χ0n) is 19.8. The summed E-state index contributed by atoms with van der Waals surface area (Å²) in [6.07, 6.45) is 0.746. The number of allylic oxidation sites excluding steroid dienone is 1. The van der Waals surface area contributed by atoms with Crippen molar-refractivity contribution in [1.82, 2.24) is 9.80 Å². The van der Waals surface area contributed by atoms with Crippen molar-refractivity contribution in [3.8, 4) is 11.5 Å². The summed E-state index contributed by atoms with van der Waals surface area (Å²) in [6, 6.07) is 4.93. The van der Waals surface area contributed by atoms with Crippen molar-refractivity contribution >= 4 is 28.8 Å². The van der Waals surface area contributed by atoms with E-state index in [1.165, 1.54) is 18.9 Å². The Kier molecular flexibility index (Phi) is 7.47. The van der Waals surface area contributed by atoms with Crippen LogP contribution in [0.2, 0.25) is 0 Å². The summed E-state index contributed by atoms with van der Waals surface area (Å²) in [4.78, 5) is 34.7. The van der Waals surface area contributed by atoms with Crippen LogP contribution in [0.15, 0.2) is 45.6 Å². The number of methoxy groups -OCH3 is 3. The van der Waals surface area contributed by atoms with E-state index in [-0.39, 0.29) is 12.3 Å². The molecule has 0 spiro atoms. The fourth-order valence-electron chi connectivity index (χ4n) is 4.33. The molecule has 9 nitrogen and oxygen atoms in total. The summed E-state index contributed by atoms with van der Waals surface area (Å²) in [5, 5.41) is 2.66. The molecule has 0 N–H and O–H groups in total. The predicted octanol–water partition coefficient (Wildman–Crippen LogP) is 3.09. The van der Waals surface area contributed by atoms with Crippen LogP contribution >= 0.6 is 11.8 Å². The molecule has 0 bridgehead atoms. The Balaban J connectivity index is 1.78. The highest BCUT2D eigenvalue weighted by molar-refractivity contribution is 8.16. The van der Waals surface area contributed by atoms with Crippen molar-refractivity contribution in [3.63, 3.8) is 0 Å². The van der Waals surface area contributed by atoms with Crippen molar-refractivity contribution in [3.05, 3.63) is 46.1 Å². The maximum absolute atomic E-state index is 13.1. The maximum Gasteiger partial charge on any atom is 0.338 e. The summed E-state index contributed by atoms with van der Waals surface area (Å²) in [5.74, 6) is 0.761. The highest BCUT2D eigenvalue weighted by atomic mass is 32.2. The number of carbonyl (C=O) groups is 2. The SMILES string of the molecule is CCC1=C(C(=O)OC)C(c2ccc(OC)cc2OC)N2C(CC(=O)N3CCOCC3)=CSC2=N1. The first kappa shape index (κ1) is 24.2. The molecule has 4 rings (SSSR count). The molecule has 0 saturated carbocycles. The van der Waals surface area contributed by atoms with E-state index in [0.717, 1.165) is 16.4 Å². The molecule has 1 atom stereocenters. The van der Waals surface area contributed by atoms with E-state index in [9.17, 15) is 9.59 Å². The van der Waals surface area contributed by atoms with Gasteiger partial charge in [0.05, 0.1) is 58.3 Å². The fourth-order valence-corrected chi connectivity index (χ4v) is 5.27. The Morgan fingerprint density at radius 3 is 2.59 bits per heavy atom. The molecule has 34 heavy (non-hydrogen) atoms. The van der Waals surface area contributed by atoms with Gasteiger partial charge in [0.25, 0.3) is 0 Å². The van der Waals surface area contributed by atoms with Crippen LogP contribution in [0.4, 0.5) is 0 Å². The van der Waals surface area contributed by atoms with Gasteiger partial charge >= 0.3 is 5.97 Å². The van der Waals surface area contributed by atoms with E-state index in [0.29, 0.717) is 55.5 Å². The van der Waals surface area contributed by atoms with Gasteiger partial charge in [-0.1, -0.05) is 18.7 Å². The van der Waals surface area contributed by atoms with Crippen LogP contribution in [-0.4, -0.2) is 74.5 Å². The Morgan fingerprint density at radius 2 is 1.94 bits per heavy atom. The predicted molar refractivity (Wildman–Crippen MR) is 129 cm³/mol. The smallest absolute Gasteiger partial charge is 0.338 e. The lowest BCUT2D eigenvalue weighted by molar-refractivity contribution is -0.136. The van der Waals surface area contributed by atoms with Crippen LogP contribution < -0.4 is 9.47 Å². The number of thioether (sulfide) groups is 1. The normalized spacial score (nSPS) is 19.9. The van der Waals surface area contributed by atoms with Crippen LogP contribution in [-0.2, 0) is 19.1 Å². The van der Waals surface area contributed by atoms with E-state index in [2.05, 4.69) is 0 Å². The van der Waals surface area contributed by atoms with Crippen molar-refractivity contribution in [1.29, 1.82) is 0 Å². The number of aliphatic imine (C=N–C) groups is 1. The standard InChI is InChI=1S/C24H29N3O6S/c1-5-18-21(23(29)32-4)22(17-7-6-16(30-2)13-19(17)31-3)27-15(14-34-24(27)25-18)12-20(28)26-8-10-33-11-9-26/h6-7,13-14,22H,5,8-12H2,1-4H3. The molecule has 1 unspecified atom stereocenters. The van der Waals surface area contributed by atoms with E-state index >= 15 is 0 Å². The average molecular weight is 488 g/mol. The minimum Gasteiger partial charge on any atom is -0.497 e. The minimum atomic E-state index is -0.561. The van der Waals surface area contributed by atoms with Crippen LogP contribution in [0, 0.1) is 0 Å². The van der Waals surface area contributed by atoms with Gasteiger partial charge in [-0.3, -0.25) is 4.79 Å². The highest BCUT2D eigenvalue weighted by Gasteiger charge is 2.43. The number of nitrogens with zero attached hydrogens (tertiary/aromatic N) is 3. The lowest BCUT2D eigenvalue weighted by Gasteiger charge is -2.37. The number of ether oxygens (including phenoxy) is 4. The molecular formula is C24H29N3O6S. The number of esters is 1. The van der Waals surface area contributed by atoms with E-state index in [4.69, 9.17) is 23.9 Å². The van der Waals surface area contributed by atoms with Gasteiger partial charge in [0, 0.05) is 30.4 Å². The lowest BCUT2D eigenvalue weighted by Crippen LogP contribution is -2.42. The lowest BCUT2D eigenvalue weighted by atomic mass is 9.92. The first-order valence-corrected chi connectivity index (χ1v) is 12.0. The number of hydrogen-bond acceptors (Lipinski definition) is 9. The topological polar surface area (TPSA) is 89.9 Å². The molecule has 3 aliphatic rings. The second-order valence-electron chi connectivity index (χ2n) is 7.88. The van der Waals surface area contributed by atoms with Crippen molar-refractivity contribution in [2.24, 2.45) is 4.99 Å². The fraction of sp³-hybridized carbons (Fsp3) is 0.458. The van der Waals surface area contributed by atoms with Gasteiger partial charge in [-0.2, -0.15) is 0 Å². The maximum atomic E-state index is 13.1. The third-order valence-corrected chi connectivity index (χ3v) is 6.95. The minimum absolute atomic E-state index is 0.0155. The number of fused-ring (bicyclic) bond motifs is 1. The molecule has 1 aromatic rings. The molecule has 3 aliphatic heterocycles. The quantitative estimate of drug-likeness (QED) is 0.542. The van der Waals surface area contributed by atoms with Gasteiger partial charge in [-0.15, -0.1) is 0 Å². The van der Waals surface area contributed by atoms with E-state index in [1.54, 1.807) is 20.3 Å². The van der Waals surface area contributed by atoms with Crippen LogP contribution in [0.25, 0.3) is 0 Å². The molecule has 0 aliphatic carbocycles. The average Bonchev–Trinajstić information content (AvgIpc) is 3.29. The molecule has 182 valence electrons. The third kappa shape index (κ3) is 4.52. The number of rotatable bonds is 7. The number of amidine groups is 1. The molecule has 0 aromatic heterocycles. The van der Waals surface area contributed by atoms with Gasteiger partial charge in [0.1, 0.15) is 11.5 Å². The van der Waals surface area contributed by atoms with Gasteiger partial charge in [0.15, 0.2) is 5.17 Å². The van der Waals surface area contributed by atoms with Crippen molar-refractivity contribution in [2.75, 3.05) is 47.6 Å². The second-order valence-corrected chi connectivity index (χ2v) is 8.71. The molecule has 1 aromatic carbocycles. The molecule has 0 radical (unpaired) electrons. The Morgan fingerprint density at radius 1 is 1.18 bits per heavy atom. The third-order valence-electron chi connectivity index (χ3n) is 6.06. The molecule has 10 heteroatoms. The first-order chi connectivity index (χ1) is 16.5. The number of benzene rings is 1.